The number of carbonyl (C=O) groups is 1. The Morgan fingerprint density at radius 3 is 2.78 bits per heavy atom. The Labute approximate surface area is 140 Å². The molecule has 1 fully saturated rings. The van der Waals surface area contributed by atoms with E-state index in [0.29, 0.717) is 17.6 Å². The average molecular weight is 333 g/mol. The van der Waals surface area contributed by atoms with Crippen LogP contribution in [0.2, 0.25) is 0 Å². The van der Waals surface area contributed by atoms with Crippen molar-refractivity contribution in [3.8, 4) is 0 Å². The lowest BCUT2D eigenvalue weighted by molar-refractivity contribution is -0.119. The lowest BCUT2D eigenvalue weighted by Crippen LogP contribution is -2.38. The number of carbonyl (C=O) groups excluding carboxylic acids is 1. The van der Waals surface area contributed by atoms with Gasteiger partial charge in [-0.15, -0.1) is 10.2 Å². The van der Waals surface area contributed by atoms with Crippen molar-refractivity contribution >= 4 is 23.4 Å². The van der Waals surface area contributed by atoms with Gasteiger partial charge >= 0.3 is 0 Å². The minimum atomic E-state index is 0.0732. The van der Waals surface area contributed by atoms with Gasteiger partial charge in [0, 0.05) is 17.4 Å². The summed E-state index contributed by atoms with van der Waals surface area (Å²) in [6.07, 6.45) is 4.59. The fraction of sp³-hybridized carbons (Fsp3) is 0.625. The molecule has 1 N–H and O–H groups in total. The second-order valence-electron chi connectivity index (χ2n) is 6.47. The molecule has 1 amide bonds. The van der Waals surface area contributed by atoms with E-state index in [-0.39, 0.29) is 5.91 Å². The molecule has 2 aromatic rings. The first kappa shape index (κ1) is 16.2. The molecule has 0 aromatic carbocycles. The van der Waals surface area contributed by atoms with Crippen LogP contribution >= 0.6 is 11.8 Å². The average Bonchev–Trinajstić information content (AvgIpc) is 2.91. The van der Waals surface area contributed by atoms with Crippen LogP contribution in [-0.2, 0) is 4.79 Å². The summed E-state index contributed by atoms with van der Waals surface area (Å²) in [6, 6.07) is 2.32. The molecule has 0 atom stereocenters. The van der Waals surface area contributed by atoms with Crippen LogP contribution < -0.4 is 5.32 Å². The maximum atomic E-state index is 12.2. The number of fused-ring (bicyclic) bond motifs is 1. The molecule has 0 aliphatic heterocycles. The van der Waals surface area contributed by atoms with E-state index in [1.165, 1.54) is 24.6 Å². The number of rotatable bonds is 4. The van der Waals surface area contributed by atoms with Crippen LogP contribution in [0.4, 0.5) is 0 Å². The second kappa shape index (κ2) is 6.86. The Morgan fingerprint density at radius 1 is 1.30 bits per heavy atom. The predicted octanol–water partition coefficient (Wildman–Crippen LogP) is 2.53. The van der Waals surface area contributed by atoms with Gasteiger partial charge in [0.15, 0.2) is 5.16 Å². The van der Waals surface area contributed by atoms with Gasteiger partial charge in [-0.2, -0.15) is 0 Å². The van der Waals surface area contributed by atoms with Gasteiger partial charge < -0.3 is 5.32 Å². The van der Waals surface area contributed by atoms with Crippen LogP contribution in [0.3, 0.4) is 0 Å². The zero-order valence-electron chi connectivity index (χ0n) is 13.9. The number of aryl methyl sites for hydroxylation is 2. The van der Waals surface area contributed by atoms with Crippen molar-refractivity contribution in [2.75, 3.05) is 5.75 Å². The van der Waals surface area contributed by atoms with Crippen molar-refractivity contribution in [2.45, 2.75) is 57.7 Å². The minimum absolute atomic E-state index is 0.0732. The second-order valence-corrected chi connectivity index (χ2v) is 7.41. The van der Waals surface area contributed by atoms with Crippen LogP contribution in [0.5, 0.6) is 0 Å². The summed E-state index contributed by atoms with van der Waals surface area (Å²) in [6.45, 7) is 6.22. The Hall–Kier alpha value is -1.63. The Bertz CT molecular complexity index is 706. The monoisotopic (exact) mass is 333 g/mol. The molecule has 2 heterocycles. The number of thioether (sulfide) groups is 1. The van der Waals surface area contributed by atoms with Crippen LogP contribution in [0.1, 0.15) is 44.0 Å². The van der Waals surface area contributed by atoms with Crippen LogP contribution in [0.15, 0.2) is 11.2 Å². The topological polar surface area (TPSA) is 72.2 Å². The highest BCUT2D eigenvalue weighted by Crippen LogP contribution is 2.24. The molecule has 0 unspecified atom stereocenters. The van der Waals surface area contributed by atoms with E-state index in [4.69, 9.17) is 0 Å². The lowest BCUT2D eigenvalue weighted by Gasteiger charge is -2.26. The Balaban J connectivity index is 1.59. The van der Waals surface area contributed by atoms with Crippen molar-refractivity contribution in [3.63, 3.8) is 0 Å². The zero-order valence-corrected chi connectivity index (χ0v) is 14.7. The molecule has 7 heteroatoms. The van der Waals surface area contributed by atoms with Crippen LogP contribution in [-0.4, -0.2) is 37.3 Å². The Kier molecular flexibility index (Phi) is 4.84. The maximum absolute atomic E-state index is 12.2. The molecule has 1 aliphatic rings. The van der Waals surface area contributed by atoms with Gasteiger partial charge in [-0.25, -0.2) is 4.98 Å². The van der Waals surface area contributed by atoms with Gasteiger partial charge in [0.05, 0.1) is 5.75 Å². The molecule has 23 heavy (non-hydrogen) atoms. The van der Waals surface area contributed by atoms with E-state index < -0.39 is 0 Å². The number of hydrogen-bond acceptors (Lipinski definition) is 5. The van der Waals surface area contributed by atoms with Crippen LogP contribution in [0, 0.1) is 19.8 Å². The fourth-order valence-corrected chi connectivity index (χ4v) is 3.89. The minimum Gasteiger partial charge on any atom is -0.353 e. The van der Waals surface area contributed by atoms with E-state index in [2.05, 4.69) is 27.4 Å². The molecule has 1 aliphatic carbocycles. The highest BCUT2D eigenvalue weighted by atomic mass is 32.2. The largest absolute Gasteiger partial charge is 0.353 e. The standard InChI is InChI=1S/C16H23N5OS/c1-10-4-6-13(7-5-10)18-14(22)9-23-16-20-19-15-17-11(2)8-12(3)21(15)16/h8,10,13H,4-7,9H2,1-3H3,(H,18,22). The SMILES string of the molecule is Cc1cc(C)n2c(SCC(=O)NC3CCC(C)CC3)nnc2n1. The van der Waals surface area contributed by atoms with Crippen molar-refractivity contribution in [2.24, 2.45) is 5.92 Å². The number of aromatic nitrogens is 4. The zero-order chi connectivity index (χ0) is 16.4. The van der Waals surface area contributed by atoms with E-state index >= 15 is 0 Å². The third-order valence-corrected chi connectivity index (χ3v) is 5.31. The summed E-state index contributed by atoms with van der Waals surface area (Å²) in [5.74, 6) is 1.81. The molecule has 2 aromatic heterocycles. The lowest BCUT2D eigenvalue weighted by atomic mass is 9.87. The van der Waals surface area contributed by atoms with E-state index in [9.17, 15) is 4.79 Å². The van der Waals surface area contributed by atoms with Crippen molar-refractivity contribution < 1.29 is 4.79 Å². The summed E-state index contributed by atoms with van der Waals surface area (Å²) in [7, 11) is 0. The quantitative estimate of drug-likeness (QED) is 0.871. The summed E-state index contributed by atoms with van der Waals surface area (Å²) in [5.41, 5.74) is 1.95. The smallest absolute Gasteiger partial charge is 0.256 e. The summed E-state index contributed by atoms with van der Waals surface area (Å²) in [5, 5.41) is 12.1. The molecule has 1 saturated carbocycles. The van der Waals surface area contributed by atoms with Gasteiger partial charge in [-0.1, -0.05) is 18.7 Å². The predicted molar refractivity (Wildman–Crippen MR) is 90.5 cm³/mol. The molecule has 0 radical (unpaired) electrons. The number of nitrogens with one attached hydrogen (secondary N) is 1. The van der Waals surface area contributed by atoms with Crippen molar-refractivity contribution in [1.29, 1.82) is 0 Å². The first-order chi connectivity index (χ1) is 11.0. The summed E-state index contributed by atoms with van der Waals surface area (Å²) >= 11 is 1.41. The summed E-state index contributed by atoms with van der Waals surface area (Å²) < 4.78 is 1.90. The van der Waals surface area contributed by atoms with Crippen molar-refractivity contribution in [3.05, 3.63) is 17.5 Å². The van der Waals surface area contributed by atoms with Gasteiger partial charge in [0.25, 0.3) is 5.78 Å². The molecule has 6 nitrogen and oxygen atoms in total. The summed E-state index contributed by atoms with van der Waals surface area (Å²) in [4.78, 5) is 16.5. The third kappa shape index (κ3) is 3.83. The van der Waals surface area contributed by atoms with Crippen molar-refractivity contribution in [1.82, 2.24) is 24.9 Å². The molecular formula is C16H23N5OS. The molecule has 0 bridgehead atoms. The third-order valence-electron chi connectivity index (χ3n) is 4.38. The van der Waals surface area contributed by atoms with E-state index in [1.807, 2.05) is 24.3 Å². The fourth-order valence-electron chi connectivity index (χ4n) is 3.10. The number of hydrogen-bond donors (Lipinski definition) is 1. The highest BCUT2D eigenvalue weighted by molar-refractivity contribution is 7.99. The van der Waals surface area contributed by atoms with Gasteiger partial charge in [-0.05, 0) is 51.5 Å². The van der Waals surface area contributed by atoms with Crippen LogP contribution in [0.25, 0.3) is 5.78 Å². The Morgan fingerprint density at radius 2 is 2.04 bits per heavy atom. The highest BCUT2D eigenvalue weighted by Gasteiger charge is 2.20. The van der Waals surface area contributed by atoms with E-state index in [1.54, 1.807) is 0 Å². The van der Waals surface area contributed by atoms with Gasteiger partial charge in [0.2, 0.25) is 5.91 Å². The molecule has 0 spiro atoms. The molecule has 124 valence electrons. The first-order valence-electron chi connectivity index (χ1n) is 8.14. The molecule has 0 saturated heterocycles. The number of amides is 1. The van der Waals surface area contributed by atoms with E-state index in [0.717, 1.165) is 35.3 Å². The maximum Gasteiger partial charge on any atom is 0.256 e. The molecule has 3 rings (SSSR count). The first-order valence-corrected chi connectivity index (χ1v) is 9.13. The number of nitrogens with zero attached hydrogens (tertiary/aromatic N) is 4. The van der Waals surface area contributed by atoms with Gasteiger partial charge in [0.1, 0.15) is 0 Å². The van der Waals surface area contributed by atoms with Gasteiger partial charge in [-0.3, -0.25) is 9.20 Å². The molecular weight excluding hydrogens is 310 g/mol. The normalized spacial score (nSPS) is 21.5.